The van der Waals surface area contributed by atoms with Crippen molar-refractivity contribution < 1.29 is 19.1 Å². The van der Waals surface area contributed by atoms with Gasteiger partial charge in [0.05, 0.1) is 22.9 Å². The van der Waals surface area contributed by atoms with Crippen LogP contribution in [0, 0.1) is 13.8 Å². The number of aryl methyl sites for hydroxylation is 2. The summed E-state index contributed by atoms with van der Waals surface area (Å²) in [4.78, 5) is 24.1. The molecule has 27 heavy (non-hydrogen) atoms. The van der Waals surface area contributed by atoms with Crippen molar-refractivity contribution in [2.24, 2.45) is 0 Å². The van der Waals surface area contributed by atoms with E-state index in [1.807, 2.05) is 13.8 Å². The second-order valence-electron chi connectivity index (χ2n) is 6.04. The molecule has 0 saturated heterocycles. The van der Waals surface area contributed by atoms with Gasteiger partial charge in [0.2, 0.25) is 0 Å². The van der Waals surface area contributed by atoms with Gasteiger partial charge in [0.25, 0.3) is 5.91 Å². The van der Waals surface area contributed by atoms with Crippen molar-refractivity contribution in [1.82, 2.24) is 0 Å². The number of hydrogen-bond acceptors (Lipinski definition) is 4. The maximum Gasteiger partial charge on any atom is 0.338 e. The van der Waals surface area contributed by atoms with Gasteiger partial charge in [-0.05, 0) is 69.2 Å². The zero-order valence-electron chi connectivity index (χ0n) is 15.6. The number of amides is 1. The normalized spacial score (nSPS) is 11.6. The summed E-state index contributed by atoms with van der Waals surface area (Å²) in [5.41, 5.74) is 2.44. The second kappa shape index (κ2) is 9.11. The summed E-state index contributed by atoms with van der Waals surface area (Å²) >= 11 is 12.3. The van der Waals surface area contributed by atoms with E-state index in [9.17, 15) is 9.59 Å². The summed E-state index contributed by atoms with van der Waals surface area (Å²) in [6, 6.07) is 8.10. The van der Waals surface area contributed by atoms with Gasteiger partial charge in [-0.3, -0.25) is 4.79 Å². The lowest BCUT2D eigenvalue weighted by Crippen LogP contribution is -2.30. The van der Waals surface area contributed by atoms with Crippen molar-refractivity contribution >= 4 is 40.8 Å². The Morgan fingerprint density at radius 2 is 1.74 bits per heavy atom. The number of ether oxygens (including phenoxy) is 2. The van der Waals surface area contributed by atoms with E-state index in [-0.39, 0.29) is 17.5 Å². The van der Waals surface area contributed by atoms with Crippen molar-refractivity contribution in [1.29, 1.82) is 0 Å². The van der Waals surface area contributed by atoms with E-state index in [0.717, 1.165) is 11.1 Å². The molecular weight excluding hydrogens is 389 g/mol. The van der Waals surface area contributed by atoms with E-state index in [4.69, 9.17) is 32.7 Å². The van der Waals surface area contributed by atoms with E-state index in [1.54, 1.807) is 32.0 Å². The van der Waals surface area contributed by atoms with Gasteiger partial charge in [-0.1, -0.05) is 23.2 Å². The van der Waals surface area contributed by atoms with Crippen LogP contribution in [-0.2, 0) is 9.53 Å². The lowest BCUT2D eigenvalue weighted by molar-refractivity contribution is -0.122. The topological polar surface area (TPSA) is 64.6 Å². The quantitative estimate of drug-likeness (QED) is 0.666. The van der Waals surface area contributed by atoms with Crippen LogP contribution in [-0.4, -0.2) is 24.6 Å². The van der Waals surface area contributed by atoms with E-state index in [1.165, 1.54) is 12.1 Å². The molecule has 0 radical (unpaired) electrons. The van der Waals surface area contributed by atoms with Crippen molar-refractivity contribution in [3.63, 3.8) is 0 Å². The Hall–Kier alpha value is -2.24. The molecule has 0 aliphatic carbocycles. The fraction of sp³-hybridized carbons (Fsp3) is 0.300. The molecule has 1 amide bonds. The molecule has 0 heterocycles. The minimum Gasteiger partial charge on any atom is -0.481 e. The second-order valence-corrected chi connectivity index (χ2v) is 6.82. The molecule has 0 saturated carbocycles. The Kier molecular flexibility index (Phi) is 7.11. The van der Waals surface area contributed by atoms with Crippen LogP contribution in [0.2, 0.25) is 10.0 Å². The lowest BCUT2D eigenvalue weighted by atomic mass is 10.1. The average Bonchev–Trinajstić information content (AvgIpc) is 2.61. The molecule has 0 unspecified atom stereocenters. The first-order valence-corrected chi connectivity index (χ1v) is 9.19. The third-order valence-corrected chi connectivity index (χ3v) is 4.74. The molecule has 0 spiro atoms. The number of halogens is 2. The van der Waals surface area contributed by atoms with Gasteiger partial charge in [0.1, 0.15) is 5.75 Å². The summed E-state index contributed by atoms with van der Waals surface area (Å²) in [6.45, 7) is 7.37. The van der Waals surface area contributed by atoms with Gasteiger partial charge >= 0.3 is 5.97 Å². The van der Waals surface area contributed by atoms with Gasteiger partial charge in [-0.2, -0.15) is 0 Å². The van der Waals surface area contributed by atoms with Crippen LogP contribution in [0.15, 0.2) is 30.3 Å². The first-order valence-electron chi connectivity index (χ1n) is 8.43. The Morgan fingerprint density at radius 1 is 1.11 bits per heavy atom. The smallest absolute Gasteiger partial charge is 0.338 e. The fourth-order valence-electron chi connectivity index (χ4n) is 2.42. The van der Waals surface area contributed by atoms with Gasteiger partial charge < -0.3 is 14.8 Å². The summed E-state index contributed by atoms with van der Waals surface area (Å²) in [6.07, 6.45) is -0.759. The average molecular weight is 410 g/mol. The largest absolute Gasteiger partial charge is 0.481 e. The maximum atomic E-state index is 12.4. The molecule has 1 atom stereocenters. The highest BCUT2D eigenvalue weighted by atomic mass is 35.5. The minimum absolute atomic E-state index is 0.235. The molecule has 2 aromatic rings. The molecule has 7 heteroatoms. The van der Waals surface area contributed by atoms with Crippen LogP contribution in [0.3, 0.4) is 0 Å². The number of benzene rings is 2. The molecule has 144 valence electrons. The molecule has 0 aromatic heterocycles. The van der Waals surface area contributed by atoms with E-state index < -0.39 is 12.1 Å². The van der Waals surface area contributed by atoms with Crippen LogP contribution >= 0.6 is 23.2 Å². The van der Waals surface area contributed by atoms with Crippen molar-refractivity contribution in [3.8, 4) is 5.75 Å². The third-order valence-electron chi connectivity index (χ3n) is 3.83. The van der Waals surface area contributed by atoms with Crippen LogP contribution in [0.4, 0.5) is 5.69 Å². The van der Waals surface area contributed by atoms with Crippen LogP contribution in [0.5, 0.6) is 5.75 Å². The maximum absolute atomic E-state index is 12.4. The Balaban J connectivity index is 2.07. The molecule has 2 aromatic carbocycles. The van der Waals surface area contributed by atoms with E-state index >= 15 is 0 Å². The molecule has 2 rings (SSSR count). The lowest BCUT2D eigenvalue weighted by Gasteiger charge is -2.17. The number of carbonyl (C=O) groups excluding carboxylic acids is 2. The highest BCUT2D eigenvalue weighted by molar-refractivity contribution is 6.34. The van der Waals surface area contributed by atoms with Crippen molar-refractivity contribution in [2.75, 3.05) is 11.9 Å². The van der Waals surface area contributed by atoms with Crippen LogP contribution in [0.25, 0.3) is 0 Å². The van der Waals surface area contributed by atoms with E-state index in [2.05, 4.69) is 5.32 Å². The monoisotopic (exact) mass is 409 g/mol. The Morgan fingerprint density at radius 3 is 2.30 bits per heavy atom. The predicted octanol–water partition coefficient (Wildman–Crippen LogP) is 5.19. The molecule has 1 N–H and O–H groups in total. The Labute approximate surface area is 168 Å². The standard InChI is InChI=1S/C20H21Cl2NO4/c1-5-26-20(25)14-6-7-17(16(21)10-14)23-19(24)13(4)27-15-8-11(2)18(22)12(3)9-15/h6-10,13H,5H2,1-4H3,(H,23,24)/t13-/m0/s1. The SMILES string of the molecule is CCOC(=O)c1ccc(NC(=O)[C@H](C)Oc2cc(C)c(Cl)c(C)c2)c(Cl)c1. The Bertz CT molecular complexity index is 844. The molecular formula is C20H21Cl2NO4. The van der Waals surface area contributed by atoms with E-state index in [0.29, 0.717) is 22.0 Å². The number of nitrogens with one attached hydrogen (secondary N) is 1. The van der Waals surface area contributed by atoms with Gasteiger partial charge in [-0.25, -0.2) is 4.79 Å². The summed E-state index contributed by atoms with van der Waals surface area (Å²) in [5, 5.41) is 3.60. The molecule has 5 nitrogen and oxygen atoms in total. The summed E-state index contributed by atoms with van der Waals surface area (Å²) in [7, 11) is 0. The molecule has 0 fully saturated rings. The summed E-state index contributed by atoms with van der Waals surface area (Å²) in [5.74, 6) is -0.283. The summed E-state index contributed by atoms with van der Waals surface area (Å²) < 4.78 is 10.6. The predicted molar refractivity (Wildman–Crippen MR) is 107 cm³/mol. The fourth-order valence-corrected chi connectivity index (χ4v) is 2.76. The highest BCUT2D eigenvalue weighted by Gasteiger charge is 2.18. The number of carbonyl (C=O) groups is 2. The molecule has 0 aliphatic heterocycles. The first-order chi connectivity index (χ1) is 12.7. The molecule has 0 aliphatic rings. The van der Waals surface area contributed by atoms with Gasteiger partial charge in [-0.15, -0.1) is 0 Å². The highest BCUT2D eigenvalue weighted by Crippen LogP contribution is 2.27. The van der Waals surface area contributed by atoms with Crippen molar-refractivity contribution in [3.05, 3.63) is 57.1 Å². The van der Waals surface area contributed by atoms with Crippen LogP contribution < -0.4 is 10.1 Å². The zero-order chi connectivity index (χ0) is 20.1. The van der Waals surface area contributed by atoms with Gasteiger partial charge in [0, 0.05) is 5.02 Å². The van der Waals surface area contributed by atoms with Gasteiger partial charge in [0.15, 0.2) is 6.10 Å². The number of rotatable bonds is 6. The first kappa shape index (κ1) is 21.1. The number of esters is 1. The molecule has 0 bridgehead atoms. The zero-order valence-corrected chi connectivity index (χ0v) is 17.1. The number of anilines is 1. The number of hydrogen-bond donors (Lipinski definition) is 1. The minimum atomic E-state index is -0.759. The van der Waals surface area contributed by atoms with Crippen molar-refractivity contribution in [2.45, 2.75) is 33.8 Å². The third kappa shape index (κ3) is 5.37. The van der Waals surface area contributed by atoms with Crippen LogP contribution in [0.1, 0.15) is 35.3 Å².